The highest BCUT2D eigenvalue weighted by Gasteiger charge is 2.32. The Kier molecular flexibility index (Phi) is 10.3. The molecule has 10 heteroatoms. The van der Waals surface area contributed by atoms with Crippen LogP contribution in [0, 0.1) is 5.92 Å². The fraction of sp³-hybridized carbons (Fsp3) is 0.484. The van der Waals surface area contributed by atoms with Gasteiger partial charge in [0.25, 0.3) is 0 Å². The van der Waals surface area contributed by atoms with Crippen LogP contribution in [0.5, 0.6) is 0 Å². The van der Waals surface area contributed by atoms with Crippen molar-refractivity contribution < 1.29 is 28.7 Å². The van der Waals surface area contributed by atoms with E-state index >= 15 is 0 Å². The summed E-state index contributed by atoms with van der Waals surface area (Å²) in [4.78, 5) is 50.5. The molecule has 1 aliphatic carbocycles. The lowest BCUT2D eigenvalue weighted by molar-refractivity contribution is -0.145. The minimum atomic E-state index is -0.917. The third-order valence-electron chi connectivity index (χ3n) is 7.71. The largest absolute Gasteiger partial charge is 0.467 e. The number of amides is 3. The summed E-state index contributed by atoms with van der Waals surface area (Å²) in [6.07, 6.45) is 1.72. The summed E-state index contributed by atoms with van der Waals surface area (Å²) in [5.41, 5.74) is 4.58. The molecule has 0 radical (unpaired) electrons. The van der Waals surface area contributed by atoms with Crippen LogP contribution in [0.4, 0.5) is 4.79 Å². The standard InChI is InChI=1S/C31H40N4O6/c1-19(2)27(35-28(36)25-14-8-16-32-25)29(37)34-26(30(38)40-3)15-9-17-33-31(39)41-18-24-22-12-6-4-10-20(22)21-11-5-7-13-23(21)24/h4-7,10-13,19,24-27,32H,8-9,14-18H2,1-3H3,(H,33,39)(H,34,37)(H,35,36)/t25-,26-,27-/m0/s1. The summed E-state index contributed by atoms with van der Waals surface area (Å²) in [7, 11) is 1.25. The fourth-order valence-electron chi connectivity index (χ4n) is 5.50. The van der Waals surface area contributed by atoms with Gasteiger partial charge in [-0.15, -0.1) is 0 Å². The topological polar surface area (TPSA) is 135 Å². The van der Waals surface area contributed by atoms with Gasteiger partial charge in [0.05, 0.1) is 13.2 Å². The number of hydrogen-bond acceptors (Lipinski definition) is 7. The first kappa shape index (κ1) is 30.0. The minimum absolute atomic E-state index is 0.0362. The van der Waals surface area contributed by atoms with Crippen LogP contribution in [0.25, 0.3) is 11.1 Å². The monoisotopic (exact) mass is 564 g/mol. The summed E-state index contributed by atoms with van der Waals surface area (Å²) in [6, 6.07) is 14.2. The van der Waals surface area contributed by atoms with Gasteiger partial charge in [-0.2, -0.15) is 0 Å². The van der Waals surface area contributed by atoms with Gasteiger partial charge >= 0.3 is 12.1 Å². The Bertz CT molecular complexity index is 1200. The number of nitrogens with one attached hydrogen (secondary N) is 4. The molecule has 0 spiro atoms. The van der Waals surface area contributed by atoms with Crippen LogP contribution in [-0.4, -0.2) is 68.8 Å². The molecule has 1 fully saturated rings. The zero-order valence-electron chi connectivity index (χ0n) is 23.9. The maximum Gasteiger partial charge on any atom is 0.407 e. The van der Waals surface area contributed by atoms with Crippen molar-refractivity contribution in [2.45, 2.75) is 63.6 Å². The highest BCUT2D eigenvalue weighted by molar-refractivity contribution is 5.92. The molecule has 10 nitrogen and oxygen atoms in total. The summed E-state index contributed by atoms with van der Waals surface area (Å²) >= 11 is 0. The van der Waals surface area contributed by atoms with E-state index in [1.165, 1.54) is 7.11 Å². The first-order valence-electron chi connectivity index (χ1n) is 14.3. The number of ether oxygens (including phenoxy) is 2. The Hall–Kier alpha value is -3.92. The molecule has 41 heavy (non-hydrogen) atoms. The smallest absolute Gasteiger partial charge is 0.407 e. The van der Waals surface area contributed by atoms with E-state index in [4.69, 9.17) is 9.47 Å². The van der Waals surface area contributed by atoms with Gasteiger partial charge in [-0.25, -0.2) is 9.59 Å². The van der Waals surface area contributed by atoms with Crippen molar-refractivity contribution in [3.8, 4) is 11.1 Å². The molecule has 0 aromatic heterocycles. The predicted octanol–water partition coefficient (Wildman–Crippen LogP) is 2.86. The van der Waals surface area contributed by atoms with Crippen LogP contribution in [-0.2, 0) is 23.9 Å². The van der Waals surface area contributed by atoms with Gasteiger partial charge in [0.2, 0.25) is 11.8 Å². The van der Waals surface area contributed by atoms with Gasteiger partial charge in [-0.1, -0.05) is 62.4 Å². The Morgan fingerprint density at radius 1 is 0.976 bits per heavy atom. The van der Waals surface area contributed by atoms with Crippen LogP contribution in [0.15, 0.2) is 48.5 Å². The summed E-state index contributed by atoms with van der Waals surface area (Å²) < 4.78 is 10.4. The second-order valence-corrected chi connectivity index (χ2v) is 10.9. The highest BCUT2D eigenvalue weighted by Crippen LogP contribution is 2.44. The predicted molar refractivity (Wildman–Crippen MR) is 154 cm³/mol. The molecule has 3 amide bonds. The molecular formula is C31H40N4O6. The number of rotatable bonds is 12. The van der Waals surface area contributed by atoms with Crippen LogP contribution in [0.1, 0.15) is 56.6 Å². The Labute approximate surface area is 240 Å². The van der Waals surface area contributed by atoms with E-state index in [1.54, 1.807) is 0 Å². The van der Waals surface area contributed by atoms with E-state index in [0.717, 1.165) is 41.6 Å². The Morgan fingerprint density at radius 2 is 1.63 bits per heavy atom. The summed E-state index contributed by atoms with van der Waals surface area (Å²) in [5.74, 6) is -1.49. The van der Waals surface area contributed by atoms with Gasteiger partial charge in [-0.05, 0) is 60.4 Å². The maximum atomic E-state index is 13.0. The fourth-order valence-corrected chi connectivity index (χ4v) is 5.50. The van der Waals surface area contributed by atoms with Crippen molar-refractivity contribution in [2.24, 2.45) is 5.92 Å². The van der Waals surface area contributed by atoms with Gasteiger partial charge in [0, 0.05) is 12.5 Å². The molecule has 1 heterocycles. The van der Waals surface area contributed by atoms with Crippen LogP contribution >= 0.6 is 0 Å². The van der Waals surface area contributed by atoms with Crippen molar-refractivity contribution >= 4 is 23.9 Å². The van der Waals surface area contributed by atoms with E-state index in [2.05, 4.69) is 45.5 Å². The van der Waals surface area contributed by atoms with Crippen LogP contribution < -0.4 is 21.3 Å². The molecule has 2 aromatic rings. The third-order valence-corrected chi connectivity index (χ3v) is 7.71. The van der Waals surface area contributed by atoms with Gasteiger partial charge < -0.3 is 30.7 Å². The number of esters is 1. The van der Waals surface area contributed by atoms with Crippen molar-refractivity contribution in [1.82, 2.24) is 21.3 Å². The minimum Gasteiger partial charge on any atom is -0.467 e. The second-order valence-electron chi connectivity index (χ2n) is 10.9. The van der Waals surface area contributed by atoms with Crippen molar-refractivity contribution in [3.63, 3.8) is 0 Å². The molecule has 4 N–H and O–H groups in total. The average molecular weight is 565 g/mol. The molecule has 2 aromatic carbocycles. The summed E-state index contributed by atoms with van der Waals surface area (Å²) in [5, 5.41) is 11.4. The van der Waals surface area contributed by atoms with E-state index in [0.29, 0.717) is 6.42 Å². The second kappa shape index (κ2) is 14.1. The number of carbonyl (C=O) groups is 4. The average Bonchev–Trinajstić information content (AvgIpc) is 3.63. The highest BCUT2D eigenvalue weighted by atomic mass is 16.5. The zero-order valence-corrected chi connectivity index (χ0v) is 23.9. The SMILES string of the molecule is COC(=O)[C@H](CCCNC(=O)OCC1c2ccccc2-c2ccccc21)NC(=O)[C@@H](NC(=O)[C@@H]1CCCN1)C(C)C. The molecular weight excluding hydrogens is 524 g/mol. The molecule has 1 saturated heterocycles. The van der Waals surface area contributed by atoms with Gasteiger partial charge in [0.1, 0.15) is 18.7 Å². The first-order valence-corrected chi connectivity index (χ1v) is 14.3. The molecule has 0 saturated carbocycles. The van der Waals surface area contributed by atoms with Gasteiger partial charge in [0.15, 0.2) is 0 Å². The third kappa shape index (κ3) is 7.43. The van der Waals surface area contributed by atoms with Crippen LogP contribution in [0.3, 0.4) is 0 Å². The number of carbonyl (C=O) groups excluding carboxylic acids is 4. The van der Waals surface area contributed by atoms with E-state index in [-0.39, 0.29) is 43.4 Å². The summed E-state index contributed by atoms with van der Waals surface area (Å²) in [6.45, 7) is 4.89. The number of fused-ring (bicyclic) bond motifs is 3. The Morgan fingerprint density at radius 3 is 2.22 bits per heavy atom. The molecule has 1 aliphatic heterocycles. The molecule has 3 atom stereocenters. The van der Waals surface area contributed by atoms with E-state index in [9.17, 15) is 19.2 Å². The molecule has 0 unspecified atom stereocenters. The molecule has 0 bridgehead atoms. The molecule has 4 rings (SSSR count). The van der Waals surface area contributed by atoms with Crippen LogP contribution in [0.2, 0.25) is 0 Å². The normalized spacial score (nSPS) is 17.2. The number of hydrogen-bond donors (Lipinski definition) is 4. The lowest BCUT2D eigenvalue weighted by atomic mass is 9.98. The quantitative estimate of drug-likeness (QED) is 0.230. The zero-order chi connectivity index (χ0) is 29.4. The van der Waals surface area contributed by atoms with E-state index < -0.39 is 30.1 Å². The Balaban J connectivity index is 1.24. The van der Waals surface area contributed by atoms with Crippen molar-refractivity contribution in [3.05, 3.63) is 59.7 Å². The number of methoxy groups -OCH3 is 1. The van der Waals surface area contributed by atoms with Gasteiger partial charge in [-0.3, -0.25) is 9.59 Å². The number of alkyl carbamates (subject to hydrolysis) is 1. The molecule has 2 aliphatic rings. The maximum absolute atomic E-state index is 13.0. The molecule has 220 valence electrons. The van der Waals surface area contributed by atoms with E-state index in [1.807, 2.05) is 38.1 Å². The lowest BCUT2D eigenvalue weighted by Gasteiger charge is -2.25. The lowest BCUT2D eigenvalue weighted by Crippen LogP contribution is -2.56. The first-order chi connectivity index (χ1) is 19.8. The van der Waals surface area contributed by atoms with Crippen molar-refractivity contribution in [1.29, 1.82) is 0 Å². The number of benzene rings is 2. The van der Waals surface area contributed by atoms with Crippen molar-refractivity contribution in [2.75, 3.05) is 26.8 Å².